The van der Waals surface area contributed by atoms with Crippen LogP contribution in [-0.2, 0) is 0 Å². The summed E-state index contributed by atoms with van der Waals surface area (Å²) in [7, 11) is 1.59. The molecule has 5 nitrogen and oxygen atoms in total. The molecule has 0 saturated heterocycles. The lowest BCUT2D eigenvalue weighted by Crippen LogP contribution is -2.20. The van der Waals surface area contributed by atoms with E-state index in [1.807, 2.05) is 6.92 Å². The summed E-state index contributed by atoms with van der Waals surface area (Å²) in [6.45, 7) is 2.20. The molecule has 0 radical (unpaired) electrons. The molecule has 0 bridgehead atoms. The number of hydrogen-bond acceptors (Lipinski definition) is 4. The van der Waals surface area contributed by atoms with E-state index >= 15 is 0 Å². The van der Waals surface area contributed by atoms with Gasteiger partial charge in [-0.3, -0.25) is 4.79 Å². The molecule has 18 heavy (non-hydrogen) atoms. The van der Waals surface area contributed by atoms with E-state index in [0.29, 0.717) is 11.3 Å². The third kappa shape index (κ3) is 3.92. The summed E-state index contributed by atoms with van der Waals surface area (Å²) >= 11 is 0. The van der Waals surface area contributed by atoms with Gasteiger partial charge in [-0.1, -0.05) is 0 Å². The topological polar surface area (TPSA) is 87.4 Å². The van der Waals surface area contributed by atoms with E-state index in [1.165, 1.54) is 0 Å². The minimum atomic E-state index is -0.138. The standard InChI is InChI=1S/C13H21N3O2/c1-9(4-3-7-17)16-12-8-10(13(18)15-2)5-6-11(12)14/h5-6,8-9,16-17H,3-4,7,14H2,1-2H3,(H,15,18). The number of aliphatic hydroxyl groups excluding tert-OH is 1. The number of carbonyl (C=O) groups excluding carboxylic acids is 1. The number of carbonyl (C=O) groups is 1. The van der Waals surface area contributed by atoms with Gasteiger partial charge in [0.15, 0.2) is 0 Å². The van der Waals surface area contributed by atoms with Crippen LogP contribution < -0.4 is 16.4 Å². The second kappa shape index (κ2) is 6.86. The van der Waals surface area contributed by atoms with Crippen LogP contribution in [0.2, 0.25) is 0 Å². The van der Waals surface area contributed by atoms with Crippen molar-refractivity contribution in [2.45, 2.75) is 25.8 Å². The van der Waals surface area contributed by atoms with Gasteiger partial charge in [0.2, 0.25) is 0 Å². The Morgan fingerprint density at radius 3 is 2.83 bits per heavy atom. The van der Waals surface area contributed by atoms with Gasteiger partial charge in [0.05, 0.1) is 11.4 Å². The monoisotopic (exact) mass is 251 g/mol. The number of rotatable bonds is 6. The highest BCUT2D eigenvalue weighted by Gasteiger charge is 2.09. The Kier molecular flexibility index (Phi) is 5.45. The fourth-order valence-corrected chi connectivity index (χ4v) is 1.70. The molecule has 1 unspecified atom stereocenters. The lowest BCUT2D eigenvalue weighted by atomic mass is 10.1. The number of nitrogen functional groups attached to an aromatic ring is 1. The van der Waals surface area contributed by atoms with Crippen molar-refractivity contribution in [2.24, 2.45) is 0 Å². The zero-order valence-electron chi connectivity index (χ0n) is 10.9. The van der Waals surface area contributed by atoms with Crippen molar-refractivity contribution in [1.29, 1.82) is 0 Å². The van der Waals surface area contributed by atoms with Gasteiger partial charge < -0.3 is 21.5 Å². The molecule has 1 amide bonds. The lowest BCUT2D eigenvalue weighted by Gasteiger charge is -2.17. The van der Waals surface area contributed by atoms with Crippen LogP contribution in [0.15, 0.2) is 18.2 Å². The third-order valence-electron chi connectivity index (χ3n) is 2.74. The lowest BCUT2D eigenvalue weighted by molar-refractivity contribution is 0.0963. The molecule has 0 aliphatic carbocycles. The number of nitrogens with two attached hydrogens (primary N) is 1. The minimum absolute atomic E-state index is 0.138. The van der Waals surface area contributed by atoms with E-state index in [0.717, 1.165) is 18.5 Å². The molecular weight excluding hydrogens is 230 g/mol. The second-order valence-electron chi connectivity index (χ2n) is 4.29. The fourth-order valence-electron chi connectivity index (χ4n) is 1.70. The summed E-state index contributed by atoms with van der Waals surface area (Å²) in [5.74, 6) is -0.138. The van der Waals surface area contributed by atoms with Gasteiger partial charge in [-0.25, -0.2) is 0 Å². The maximum Gasteiger partial charge on any atom is 0.251 e. The summed E-state index contributed by atoms with van der Waals surface area (Å²) in [4.78, 5) is 11.5. The molecule has 5 heteroatoms. The Hall–Kier alpha value is -1.75. The minimum Gasteiger partial charge on any atom is -0.397 e. The Bertz CT molecular complexity index is 407. The highest BCUT2D eigenvalue weighted by Crippen LogP contribution is 2.21. The van der Waals surface area contributed by atoms with Crippen LogP contribution >= 0.6 is 0 Å². The zero-order valence-corrected chi connectivity index (χ0v) is 10.9. The largest absolute Gasteiger partial charge is 0.397 e. The van der Waals surface area contributed by atoms with Crippen molar-refractivity contribution in [3.8, 4) is 0 Å². The molecule has 1 aromatic rings. The predicted octanol–water partition coefficient (Wildman–Crippen LogP) is 1.20. The summed E-state index contributed by atoms with van der Waals surface area (Å²) in [5, 5.41) is 14.6. The first-order valence-corrected chi connectivity index (χ1v) is 6.07. The fraction of sp³-hybridized carbons (Fsp3) is 0.462. The molecule has 0 heterocycles. The molecule has 0 spiro atoms. The van der Waals surface area contributed by atoms with Gasteiger partial charge in [-0.15, -0.1) is 0 Å². The normalized spacial score (nSPS) is 11.9. The van der Waals surface area contributed by atoms with Gasteiger partial charge in [0, 0.05) is 25.3 Å². The molecular formula is C13H21N3O2. The molecule has 1 atom stereocenters. The van der Waals surface area contributed by atoms with Crippen LogP contribution in [0, 0.1) is 0 Å². The number of benzene rings is 1. The van der Waals surface area contributed by atoms with Gasteiger partial charge in [0.1, 0.15) is 0 Å². The second-order valence-corrected chi connectivity index (χ2v) is 4.29. The first-order valence-electron chi connectivity index (χ1n) is 6.07. The average Bonchev–Trinajstić information content (AvgIpc) is 2.38. The Morgan fingerprint density at radius 1 is 1.50 bits per heavy atom. The number of amides is 1. The molecule has 0 aromatic heterocycles. The predicted molar refractivity (Wildman–Crippen MR) is 73.6 cm³/mol. The SMILES string of the molecule is CNC(=O)c1ccc(N)c(NC(C)CCCO)c1. The van der Waals surface area contributed by atoms with Crippen molar-refractivity contribution in [3.63, 3.8) is 0 Å². The summed E-state index contributed by atoms with van der Waals surface area (Å²) < 4.78 is 0. The van der Waals surface area contributed by atoms with Crippen molar-refractivity contribution in [1.82, 2.24) is 5.32 Å². The number of anilines is 2. The summed E-state index contributed by atoms with van der Waals surface area (Å²) in [6.07, 6.45) is 1.59. The molecule has 0 aliphatic rings. The maximum atomic E-state index is 11.5. The zero-order chi connectivity index (χ0) is 13.5. The van der Waals surface area contributed by atoms with Crippen molar-refractivity contribution >= 4 is 17.3 Å². The Labute approximate surface area is 107 Å². The van der Waals surface area contributed by atoms with Crippen molar-refractivity contribution in [2.75, 3.05) is 24.7 Å². The third-order valence-corrected chi connectivity index (χ3v) is 2.74. The van der Waals surface area contributed by atoms with E-state index in [2.05, 4.69) is 10.6 Å². The number of nitrogens with one attached hydrogen (secondary N) is 2. The molecule has 100 valence electrons. The van der Waals surface area contributed by atoms with Crippen LogP contribution in [0.4, 0.5) is 11.4 Å². The summed E-state index contributed by atoms with van der Waals surface area (Å²) in [5.41, 5.74) is 7.80. The van der Waals surface area contributed by atoms with E-state index in [-0.39, 0.29) is 18.6 Å². The first-order chi connectivity index (χ1) is 8.58. The van der Waals surface area contributed by atoms with Crippen molar-refractivity contribution in [3.05, 3.63) is 23.8 Å². The highest BCUT2D eigenvalue weighted by atomic mass is 16.2. The average molecular weight is 251 g/mol. The van der Waals surface area contributed by atoms with Crippen LogP contribution in [0.5, 0.6) is 0 Å². The van der Waals surface area contributed by atoms with E-state index < -0.39 is 0 Å². The van der Waals surface area contributed by atoms with Crippen molar-refractivity contribution < 1.29 is 9.90 Å². The Balaban J connectivity index is 2.77. The van der Waals surface area contributed by atoms with Gasteiger partial charge in [-0.2, -0.15) is 0 Å². The van der Waals surface area contributed by atoms with Gasteiger partial charge in [0.25, 0.3) is 5.91 Å². The van der Waals surface area contributed by atoms with E-state index in [4.69, 9.17) is 10.8 Å². The van der Waals surface area contributed by atoms with E-state index in [1.54, 1.807) is 25.2 Å². The molecule has 0 aliphatic heterocycles. The van der Waals surface area contributed by atoms with Crippen LogP contribution in [0.3, 0.4) is 0 Å². The summed E-state index contributed by atoms with van der Waals surface area (Å²) in [6, 6.07) is 5.34. The molecule has 0 fully saturated rings. The first kappa shape index (κ1) is 14.3. The number of hydrogen-bond donors (Lipinski definition) is 4. The Morgan fingerprint density at radius 2 is 2.22 bits per heavy atom. The molecule has 0 saturated carbocycles. The van der Waals surface area contributed by atoms with Gasteiger partial charge >= 0.3 is 0 Å². The smallest absolute Gasteiger partial charge is 0.251 e. The number of aliphatic hydroxyl groups is 1. The van der Waals surface area contributed by atoms with Crippen LogP contribution in [-0.4, -0.2) is 30.7 Å². The highest BCUT2D eigenvalue weighted by molar-refractivity contribution is 5.96. The maximum absolute atomic E-state index is 11.5. The van der Waals surface area contributed by atoms with Crippen LogP contribution in [0.1, 0.15) is 30.1 Å². The molecule has 5 N–H and O–H groups in total. The van der Waals surface area contributed by atoms with Crippen LogP contribution in [0.25, 0.3) is 0 Å². The molecule has 1 rings (SSSR count). The van der Waals surface area contributed by atoms with E-state index in [9.17, 15) is 4.79 Å². The quantitative estimate of drug-likeness (QED) is 0.572. The van der Waals surface area contributed by atoms with Gasteiger partial charge in [-0.05, 0) is 38.0 Å². The molecule has 1 aromatic carbocycles.